The summed E-state index contributed by atoms with van der Waals surface area (Å²) in [6.45, 7) is 5.42. The highest BCUT2D eigenvalue weighted by Crippen LogP contribution is 2.17. The van der Waals surface area contributed by atoms with Crippen LogP contribution in [0.3, 0.4) is 0 Å². The topological polar surface area (TPSA) is 106 Å². The minimum atomic E-state index is -0.539. The fourth-order valence-corrected chi connectivity index (χ4v) is 2.43. The van der Waals surface area contributed by atoms with Gasteiger partial charge in [-0.05, 0) is 39.8 Å². The van der Waals surface area contributed by atoms with Gasteiger partial charge >= 0.3 is 0 Å². The van der Waals surface area contributed by atoms with Gasteiger partial charge in [-0.3, -0.25) is 9.59 Å². The molecule has 1 fully saturated rings. The maximum Gasteiger partial charge on any atom is 0.276 e. The van der Waals surface area contributed by atoms with Crippen LogP contribution in [0.25, 0.3) is 0 Å². The Labute approximate surface area is 123 Å². The molecule has 116 valence electrons. The lowest BCUT2D eigenvalue weighted by atomic mass is 10.1. The normalized spacial score (nSPS) is 16.1. The standard InChI is InChI=1S/C13H22N6O2/c1-9(2)18(8-12(14)20)13(21)11-7-19(17-16-11)10-3-5-15-6-4-10/h7,9-10,15H,3-6,8H2,1-2H3,(H2,14,20). The van der Waals surface area contributed by atoms with E-state index in [4.69, 9.17) is 5.73 Å². The molecule has 0 atom stereocenters. The minimum Gasteiger partial charge on any atom is -0.368 e. The van der Waals surface area contributed by atoms with Crippen LogP contribution in [0.5, 0.6) is 0 Å². The Morgan fingerprint density at radius 3 is 2.71 bits per heavy atom. The van der Waals surface area contributed by atoms with Crippen LogP contribution in [0.15, 0.2) is 6.20 Å². The van der Waals surface area contributed by atoms with Crippen LogP contribution in [-0.2, 0) is 4.79 Å². The largest absolute Gasteiger partial charge is 0.368 e. The molecule has 0 aliphatic carbocycles. The highest BCUT2D eigenvalue weighted by molar-refractivity contribution is 5.94. The Hall–Kier alpha value is -1.96. The average Bonchev–Trinajstić information content (AvgIpc) is 2.94. The Balaban J connectivity index is 2.11. The molecular formula is C13H22N6O2. The summed E-state index contributed by atoms with van der Waals surface area (Å²) < 4.78 is 1.75. The van der Waals surface area contributed by atoms with Gasteiger partial charge in [0.05, 0.1) is 18.8 Å². The van der Waals surface area contributed by atoms with E-state index in [9.17, 15) is 9.59 Å². The van der Waals surface area contributed by atoms with Crippen LogP contribution < -0.4 is 11.1 Å². The number of nitrogens with two attached hydrogens (primary N) is 1. The van der Waals surface area contributed by atoms with E-state index in [1.54, 1.807) is 10.9 Å². The summed E-state index contributed by atoms with van der Waals surface area (Å²) in [5.41, 5.74) is 5.44. The fourth-order valence-electron chi connectivity index (χ4n) is 2.43. The number of primary amides is 1. The monoisotopic (exact) mass is 294 g/mol. The first kappa shape index (κ1) is 15.4. The zero-order valence-corrected chi connectivity index (χ0v) is 12.5. The van der Waals surface area contributed by atoms with E-state index in [2.05, 4.69) is 15.6 Å². The van der Waals surface area contributed by atoms with Crippen molar-refractivity contribution in [1.82, 2.24) is 25.2 Å². The molecule has 0 bridgehead atoms. The van der Waals surface area contributed by atoms with E-state index >= 15 is 0 Å². The molecule has 1 aromatic rings. The molecule has 1 aromatic heterocycles. The molecule has 8 heteroatoms. The van der Waals surface area contributed by atoms with Gasteiger partial charge in [0.25, 0.3) is 5.91 Å². The summed E-state index contributed by atoms with van der Waals surface area (Å²) in [4.78, 5) is 24.9. The van der Waals surface area contributed by atoms with Gasteiger partial charge < -0.3 is 16.0 Å². The Morgan fingerprint density at radius 1 is 1.48 bits per heavy atom. The molecule has 2 amide bonds. The highest BCUT2D eigenvalue weighted by atomic mass is 16.2. The summed E-state index contributed by atoms with van der Waals surface area (Å²) in [6.07, 6.45) is 3.59. The first-order valence-electron chi connectivity index (χ1n) is 7.21. The van der Waals surface area contributed by atoms with Gasteiger partial charge in [0.2, 0.25) is 5.91 Å². The molecule has 0 saturated carbocycles. The number of amides is 2. The predicted octanol–water partition coefficient (Wildman–Crippen LogP) is -0.461. The van der Waals surface area contributed by atoms with Gasteiger partial charge in [-0.15, -0.1) is 5.10 Å². The lowest BCUT2D eigenvalue weighted by molar-refractivity contribution is -0.119. The molecule has 0 radical (unpaired) electrons. The number of piperidine rings is 1. The number of nitrogens with one attached hydrogen (secondary N) is 1. The molecule has 1 saturated heterocycles. The van der Waals surface area contributed by atoms with Crippen LogP contribution in [-0.4, -0.2) is 57.4 Å². The zero-order chi connectivity index (χ0) is 15.4. The van der Waals surface area contributed by atoms with Crippen molar-refractivity contribution in [3.05, 3.63) is 11.9 Å². The van der Waals surface area contributed by atoms with Gasteiger partial charge in [0, 0.05) is 6.04 Å². The third-order valence-electron chi connectivity index (χ3n) is 3.62. The Morgan fingerprint density at radius 2 is 2.14 bits per heavy atom. The van der Waals surface area contributed by atoms with E-state index in [0.29, 0.717) is 0 Å². The third kappa shape index (κ3) is 3.78. The van der Waals surface area contributed by atoms with Crippen molar-refractivity contribution in [3.63, 3.8) is 0 Å². The molecular weight excluding hydrogens is 272 g/mol. The molecule has 1 aliphatic heterocycles. The lowest BCUT2D eigenvalue weighted by Crippen LogP contribution is -2.42. The van der Waals surface area contributed by atoms with Crippen molar-refractivity contribution in [2.75, 3.05) is 19.6 Å². The molecule has 21 heavy (non-hydrogen) atoms. The van der Waals surface area contributed by atoms with Crippen molar-refractivity contribution < 1.29 is 9.59 Å². The van der Waals surface area contributed by atoms with Gasteiger partial charge in [0.15, 0.2) is 5.69 Å². The van der Waals surface area contributed by atoms with Gasteiger partial charge in [-0.2, -0.15) is 0 Å². The fraction of sp³-hybridized carbons (Fsp3) is 0.692. The van der Waals surface area contributed by atoms with Crippen LogP contribution in [0.4, 0.5) is 0 Å². The lowest BCUT2D eigenvalue weighted by Gasteiger charge is -2.24. The van der Waals surface area contributed by atoms with Crippen LogP contribution in [0.2, 0.25) is 0 Å². The van der Waals surface area contributed by atoms with Gasteiger partial charge in [-0.1, -0.05) is 5.21 Å². The second-order valence-electron chi connectivity index (χ2n) is 5.56. The maximum absolute atomic E-state index is 12.4. The van der Waals surface area contributed by atoms with Crippen molar-refractivity contribution in [2.24, 2.45) is 5.73 Å². The summed E-state index contributed by atoms with van der Waals surface area (Å²) >= 11 is 0. The van der Waals surface area contributed by atoms with Gasteiger partial charge in [0.1, 0.15) is 0 Å². The van der Waals surface area contributed by atoms with E-state index < -0.39 is 5.91 Å². The molecule has 0 unspecified atom stereocenters. The number of carbonyl (C=O) groups is 2. The molecule has 2 heterocycles. The van der Waals surface area contributed by atoms with Gasteiger partial charge in [-0.25, -0.2) is 4.68 Å². The zero-order valence-electron chi connectivity index (χ0n) is 12.5. The number of nitrogens with zero attached hydrogens (tertiary/aromatic N) is 4. The van der Waals surface area contributed by atoms with Crippen molar-refractivity contribution >= 4 is 11.8 Å². The van der Waals surface area contributed by atoms with E-state index in [1.165, 1.54) is 4.90 Å². The molecule has 0 aromatic carbocycles. The number of rotatable bonds is 5. The Kier molecular flexibility index (Phi) is 4.89. The summed E-state index contributed by atoms with van der Waals surface area (Å²) in [7, 11) is 0. The number of carbonyl (C=O) groups excluding carboxylic acids is 2. The molecule has 3 N–H and O–H groups in total. The molecule has 8 nitrogen and oxygen atoms in total. The van der Waals surface area contributed by atoms with E-state index in [1.807, 2.05) is 13.8 Å². The van der Waals surface area contributed by atoms with E-state index in [0.717, 1.165) is 25.9 Å². The van der Waals surface area contributed by atoms with Crippen LogP contribution in [0.1, 0.15) is 43.2 Å². The minimum absolute atomic E-state index is 0.114. The second kappa shape index (κ2) is 6.66. The van der Waals surface area contributed by atoms with E-state index in [-0.39, 0.29) is 30.2 Å². The van der Waals surface area contributed by atoms with Crippen LogP contribution in [0, 0.1) is 0 Å². The highest BCUT2D eigenvalue weighted by Gasteiger charge is 2.24. The number of hydrogen-bond acceptors (Lipinski definition) is 5. The number of hydrogen-bond donors (Lipinski definition) is 2. The third-order valence-corrected chi connectivity index (χ3v) is 3.62. The first-order valence-corrected chi connectivity index (χ1v) is 7.21. The molecule has 2 rings (SSSR count). The summed E-state index contributed by atoms with van der Waals surface area (Å²) in [5.74, 6) is -0.855. The smallest absolute Gasteiger partial charge is 0.276 e. The average molecular weight is 294 g/mol. The summed E-state index contributed by atoms with van der Waals surface area (Å²) in [6, 6.07) is 0.137. The number of aromatic nitrogens is 3. The maximum atomic E-state index is 12.4. The summed E-state index contributed by atoms with van der Waals surface area (Å²) in [5, 5.41) is 11.3. The molecule has 0 spiro atoms. The molecule has 1 aliphatic rings. The second-order valence-corrected chi connectivity index (χ2v) is 5.56. The SMILES string of the molecule is CC(C)N(CC(N)=O)C(=O)c1cn(C2CCNCC2)nn1. The van der Waals surface area contributed by atoms with Crippen molar-refractivity contribution in [1.29, 1.82) is 0 Å². The van der Waals surface area contributed by atoms with Crippen LogP contribution >= 0.6 is 0 Å². The first-order chi connectivity index (χ1) is 9.99. The predicted molar refractivity (Wildman–Crippen MR) is 76.5 cm³/mol. The quantitative estimate of drug-likeness (QED) is 0.764. The van der Waals surface area contributed by atoms with Crippen molar-refractivity contribution in [3.8, 4) is 0 Å². The Bertz CT molecular complexity index is 507. The van der Waals surface area contributed by atoms with Crippen molar-refractivity contribution in [2.45, 2.75) is 38.8 Å².